The number of esters is 1. The van der Waals surface area contributed by atoms with Gasteiger partial charge in [-0.1, -0.05) is 37.6 Å². The minimum Gasteiger partial charge on any atom is -0.452 e. The van der Waals surface area contributed by atoms with Gasteiger partial charge < -0.3 is 10.1 Å². The van der Waals surface area contributed by atoms with E-state index in [1.54, 1.807) is 18.2 Å². The largest absolute Gasteiger partial charge is 0.452 e. The quantitative estimate of drug-likeness (QED) is 0.772. The van der Waals surface area contributed by atoms with Crippen LogP contribution < -0.4 is 5.32 Å². The Bertz CT molecular complexity index is 839. The van der Waals surface area contributed by atoms with Crippen LogP contribution in [-0.4, -0.2) is 18.5 Å². The molecule has 0 bridgehead atoms. The minimum atomic E-state index is -0.581. The van der Waals surface area contributed by atoms with Gasteiger partial charge in [-0.2, -0.15) is 5.26 Å². The second-order valence-corrected chi connectivity index (χ2v) is 6.66. The van der Waals surface area contributed by atoms with Crippen molar-refractivity contribution in [3.05, 3.63) is 64.2 Å². The summed E-state index contributed by atoms with van der Waals surface area (Å²) in [6.45, 7) is 3.79. The molecule has 5 nitrogen and oxygen atoms in total. The Labute approximate surface area is 157 Å². The minimum absolute atomic E-state index is 0.273. The van der Waals surface area contributed by atoms with Crippen molar-refractivity contribution in [2.75, 3.05) is 11.9 Å². The van der Waals surface area contributed by atoms with Crippen molar-refractivity contribution in [1.29, 1.82) is 5.26 Å². The van der Waals surface area contributed by atoms with Crippen molar-refractivity contribution >= 4 is 29.2 Å². The first kappa shape index (κ1) is 19.5. The lowest BCUT2D eigenvalue weighted by Gasteiger charge is -2.09. The van der Waals surface area contributed by atoms with E-state index in [4.69, 9.17) is 21.6 Å². The molecule has 2 aromatic carbocycles. The Balaban J connectivity index is 1.92. The average molecular weight is 371 g/mol. The predicted molar refractivity (Wildman–Crippen MR) is 100 cm³/mol. The Morgan fingerprint density at radius 3 is 2.50 bits per heavy atom. The van der Waals surface area contributed by atoms with Gasteiger partial charge >= 0.3 is 5.97 Å². The van der Waals surface area contributed by atoms with E-state index in [9.17, 15) is 9.59 Å². The number of carbonyl (C=O) groups excluding carboxylic acids is 2. The molecule has 0 unspecified atom stereocenters. The number of nitriles is 1. The lowest BCUT2D eigenvalue weighted by atomic mass is 10.0. The Morgan fingerprint density at radius 2 is 1.88 bits per heavy atom. The van der Waals surface area contributed by atoms with Gasteiger partial charge in [0.25, 0.3) is 5.91 Å². The van der Waals surface area contributed by atoms with E-state index < -0.39 is 18.5 Å². The molecule has 6 heteroatoms. The highest BCUT2D eigenvalue weighted by Gasteiger charge is 2.12. The number of benzene rings is 2. The zero-order valence-corrected chi connectivity index (χ0v) is 15.3. The molecule has 2 rings (SSSR count). The fraction of sp³-hybridized carbons (Fsp3) is 0.250. The molecule has 26 heavy (non-hydrogen) atoms. The second-order valence-electron chi connectivity index (χ2n) is 6.22. The predicted octanol–water partition coefficient (Wildman–Crippen LogP) is 4.21. The van der Waals surface area contributed by atoms with E-state index in [1.165, 1.54) is 12.1 Å². The lowest BCUT2D eigenvalue weighted by Crippen LogP contribution is -2.21. The number of anilines is 1. The van der Waals surface area contributed by atoms with Gasteiger partial charge in [0.1, 0.15) is 6.07 Å². The number of ether oxygens (including phenoxy) is 1. The summed E-state index contributed by atoms with van der Waals surface area (Å²) in [7, 11) is 0. The van der Waals surface area contributed by atoms with E-state index in [0.29, 0.717) is 16.5 Å². The van der Waals surface area contributed by atoms with Crippen LogP contribution in [0.15, 0.2) is 42.5 Å². The number of nitrogens with zero attached hydrogens (tertiary/aromatic N) is 1. The lowest BCUT2D eigenvalue weighted by molar-refractivity contribution is -0.119. The fourth-order valence-corrected chi connectivity index (χ4v) is 2.54. The summed E-state index contributed by atoms with van der Waals surface area (Å²) in [6.07, 6.45) is 0.929. The summed E-state index contributed by atoms with van der Waals surface area (Å²) < 4.78 is 5.02. The molecule has 0 heterocycles. The highest BCUT2D eigenvalue weighted by atomic mass is 35.5. The molecule has 0 radical (unpaired) electrons. The van der Waals surface area contributed by atoms with Crippen molar-refractivity contribution in [1.82, 2.24) is 0 Å². The van der Waals surface area contributed by atoms with Crippen LogP contribution in [0.3, 0.4) is 0 Å². The van der Waals surface area contributed by atoms with Gasteiger partial charge in [0, 0.05) is 5.02 Å². The standard InChI is InChI=1S/C20H19ClN2O3/c1-13(2)9-14-3-5-15(6-4-14)20(25)26-12-19(24)23-18-10-17(21)8-7-16(18)11-22/h3-8,10,13H,9,12H2,1-2H3,(H,23,24). The maximum atomic E-state index is 12.0. The van der Waals surface area contributed by atoms with Gasteiger partial charge in [0.2, 0.25) is 0 Å². The summed E-state index contributed by atoms with van der Waals surface area (Å²) >= 11 is 5.86. The summed E-state index contributed by atoms with van der Waals surface area (Å²) in [5.41, 5.74) is 2.07. The monoisotopic (exact) mass is 370 g/mol. The maximum Gasteiger partial charge on any atom is 0.338 e. The molecule has 0 aliphatic carbocycles. The van der Waals surface area contributed by atoms with Crippen LogP contribution in [0, 0.1) is 17.2 Å². The molecule has 0 aromatic heterocycles. The number of nitrogens with one attached hydrogen (secondary N) is 1. The molecular weight excluding hydrogens is 352 g/mol. The molecule has 0 fully saturated rings. The molecule has 0 atom stereocenters. The van der Waals surface area contributed by atoms with Crippen LogP contribution in [0.4, 0.5) is 5.69 Å². The smallest absolute Gasteiger partial charge is 0.338 e. The van der Waals surface area contributed by atoms with Crippen molar-refractivity contribution in [3.63, 3.8) is 0 Å². The van der Waals surface area contributed by atoms with Crippen LogP contribution >= 0.6 is 11.6 Å². The van der Waals surface area contributed by atoms with Crippen molar-refractivity contribution in [3.8, 4) is 6.07 Å². The Morgan fingerprint density at radius 1 is 1.19 bits per heavy atom. The molecule has 1 N–H and O–H groups in total. The number of hydrogen-bond acceptors (Lipinski definition) is 4. The first-order valence-electron chi connectivity index (χ1n) is 8.14. The van der Waals surface area contributed by atoms with E-state index in [2.05, 4.69) is 19.2 Å². The SMILES string of the molecule is CC(C)Cc1ccc(C(=O)OCC(=O)Nc2cc(Cl)ccc2C#N)cc1. The first-order chi connectivity index (χ1) is 12.4. The van der Waals surface area contributed by atoms with Crippen molar-refractivity contribution < 1.29 is 14.3 Å². The van der Waals surface area contributed by atoms with Crippen LogP contribution in [0.2, 0.25) is 5.02 Å². The molecule has 2 aromatic rings. The highest BCUT2D eigenvalue weighted by Crippen LogP contribution is 2.20. The summed E-state index contributed by atoms with van der Waals surface area (Å²) in [5.74, 6) is -0.599. The van der Waals surface area contributed by atoms with Gasteiger partial charge in [-0.3, -0.25) is 4.79 Å². The van der Waals surface area contributed by atoms with Gasteiger partial charge in [-0.15, -0.1) is 0 Å². The zero-order chi connectivity index (χ0) is 19.1. The highest BCUT2D eigenvalue weighted by molar-refractivity contribution is 6.31. The van der Waals surface area contributed by atoms with Gasteiger partial charge in [0.05, 0.1) is 16.8 Å². The normalized spacial score (nSPS) is 10.3. The average Bonchev–Trinajstić information content (AvgIpc) is 2.60. The Hall–Kier alpha value is -2.84. The topological polar surface area (TPSA) is 79.2 Å². The Kier molecular flexibility index (Phi) is 6.76. The molecule has 0 spiro atoms. The molecule has 0 aliphatic heterocycles. The molecule has 0 aliphatic rings. The summed E-state index contributed by atoms with van der Waals surface area (Å²) in [5, 5.41) is 11.9. The molecule has 1 amide bonds. The number of hydrogen-bond donors (Lipinski definition) is 1. The summed E-state index contributed by atoms with van der Waals surface area (Å²) in [4.78, 5) is 24.0. The number of amides is 1. The first-order valence-corrected chi connectivity index (χ1v) is 8.52. The van der Waals surface area contributed by atoms with E-state index in [0.717, 1.165) is 12.0 Å². The third kappa shape index (κ3) is 5.61. The van der Waals surface area contributed by atoms with Crippen LogP contribution in [0.25, 0.3) is 0 Å². The third-order valence-electron chi connectivity index (χ3n) is 3.54. The molecule has 0 saturated heterocycles. The fourth-order valence-electron chi connectivity index (χ4n) is 2.37. The van der Waals surface area contributed by atoms with E-state index >= 15 is 0 Å². The molecule has 134 valence electrons. The van der Waals surface area contributed by atoms with Crippen LogP contribution in [0.5, 0.6) is 0 Å². The van der Waals surface area contributed by atoms with Crippen molar-refractivity contribution in [2.45, 2.75) is 20.3 Å². The van der Waals surface area contributed by atoms with E-state index in [1.807, 2.05) is 18.2 Å². The molecular formula is C20H19ClN2O3. The zero-order valence-electron chi connectivity index (χ0n) is 14.6. The second kappa shape index (κ2) is 9.02. The van der Waals surface area contributed by atoms with Gasteiger partial charge in [-0.25, -0.2) is 4.79 Å². The van der Waals surface area contributed by atoms with Gasteiger partial charge in [0.15, 0.2) is 6.61 Å². The van der Waals surface area contributed by atoms with Gasteiger partial charge in [-0.05, 0) is 48.2 Å². The third-order valence-corrected chi connectivity index (χ3v) is 3.78. The summed E-state index contributed by atoms with van der Waals surface area (Å²) in [6, 6.07) is 13.6. The van der Waals surface area contributed by atoms with Crippen LogP contribution in [-0.2, 0) is 16.0 Å². The number of halogens is 1. The number of rotatable bonds is 6. The maximum absolute atomic E-state index is 12.0. The number of carbonyl (C=O) groups is 2. The van der Waals surface area contributed by atoms with E-state index in [-0.39, 0.29) is 11.3 Å². The van der Waals surface area contributed by atoms with Crippen molar-refractivity contribution in [2.24, 2.45) is 5.92 Å². The molecule has 0 saturated carbocycles. The van der Waals surface area contributed by atoms with Crippen LogP contribution in [0.1, 0.15) is 35.3 Å².